The summed E-state index contributed by atoms with van der Waals surface area (Å²) in [4.78, 5) is 17.1. The van der Waals surface area contributed by atoms with Gasteiger partial charge in [0.05, 0.1) is 12.7 Å². The summed E-state index contributed by atoms with van der Waals surface area (Å²) in [6, 6.07) is 17.8. The molecule has 0 saturated heterocycles. The minimum atomic E-state index is -0.152. The zero-order valence-electron chi connectivity index (χ0n) is 14.4. The highest BCUT2D eigenvalue weighted by molar-refractivity contribution is 7.98. The fourth-order valence-corrected chi connectivity index (χ4v) is 3.67. The van der Waals surface area contributed by atoms with Gasteiger partial charge in [-0.25, -0.2) is 4.98 Å². The smallest absolute Gasteiger partial charge is 0.270 e. The van der Waals surface area contributed by atoms with E-state index in [1.807, 2.05) is 59.4 Å². The Morgan fingerprint density at radius 2 is 2.00 bits per heavy atom. The molecule has 6 heteroatoms. The third-order valence-corrected chi connectivity index (χ3v) is 5.02. The fourth-order valence-electron chi connectivity index (χ4n) is 3.13. The molecule has 0 radical (unpaired) electrons. The van der Waals surface area contributed by atoms with Gasteiger partial charge in [-0.15, -0.1) is 0 Å². The molecule has 132 valence electrons. The number of nitrogens with zero attached hydrogens (tertiary/aromatic N) is 2. The number of imidazole rings is 1. The Bertz CT molecular complexity index is 899. The largest absolute Gasteiger partial charge is 0.488 e. The van der Waals surface area contributed by atoms with Crippen LogP contribution in [0.3, 0.4) is 0 Å². The second-order valence-electron chi connectivity index (χ2n) is 6.06. The Kier molecular flexibility index (Phi) is 4.67. The molecule has 1 N–H and O–H groups in total. The Balaban J connectivity index is 1.49. The van der Waals surface area contributed by atoms with Crippen LogP contribution in [-0.4, -0.2) is 34.4 Å². The standard InChI is InChI=1S/C20H19N3O2S/c1-26-20-22-13-17(23(20)15-8-3-2-4-9-15)19(24)21-12-16-11-14-7-5-6-10-18(14)25-16/h2-10,13,16H,11-12H2,1H3,(H,21,24)/t16-/m1/s1. The van der Waals surface area contributed by atoms with E-state index >= 15 is 0 Å². The van der Waals surface area contributed by atoms with Crippen LogP contribution in [0.1, 0.15) is 16.1 Å². The minimum absolute atomic E-state index is 0.0375. The Labute approximate surface area is 156 Å². The molecule has 3 aromatic rings. The first kappa shape index (κ1) is 16.7. The molecule has 0 aliphatic carbocycles. The number of ether oxygens (including phenoxy) is 1. The summed E-state index contributed by atoms with van der Waals surface area (Å²) in [5.74, 6) is 0.756. The van der Waals surface area contributed by atoms with E-state index in [0.29, 0.717) is 12.2 Å². The van der Waals surface area contributed by atoms with Gasteiger partial charge >= 0.3 is 0 Å². The number of hydrogen-bond acceptors (Lipinski definition) is 4. The molecule has 2 heterocycles. The molecule has 2 aromatic carbocycles. The lowest BCUT2D eigenvalue weighted by Gasteiger charge is -2.14. The highest BCUT2D eigenvalue weighted by Crippen LogP contribution is 2.28. The first-order valence-corrected chi connectivity index (χ1v) is 9.68. The molecule has 4 rings (SSSR count). The number of para-hydroxylation sites is 2. The highest BCUT2D eigenvalue weighted by Gasteiger charge is 2.24. The van der Waals surface area contributed by atoms with Crippen molar-refractivity contribution in [1.82, 2.24) is 14.9 Å². The molecule has 0 bridgehead atoms. The van der Waals surface area contributed by atoms with Crippen molar-refractivity contribution < 1.29 is 9.53 Å². The average molecular weight is 365 g/mol. The van der Waals surface area contributed by atoms with Crippen molar-refractivity contribution in [3.63, 3.8) is 0 Å². The van der Waals surface area contributed by atoms with Gasteiger partial charge in [-0.05, 0) is 30.0 Å². The molecular weight excluding hydrogens is 346 g/mol. The predicted molar refractivity (Wildman–Crippen MR) is 102 cm³/mol. The van der Waals surface area contributed by atoms with Crippen LogP contribution in [0, 0.1) is 0 Å². The van der Waals surface area contributed by atoms with E-state index in [9.17, 15) is 4.79 Å². The van der Waals surface area contributed by atoms with Crippen molar-refractivity contribution in [3.05, 3.63) is 72.1 Å². The Morgan fingerprint density at radius 3 is 2.77 bits per heavy atom. The molecular formula is C20H19N3O2S. The van der Waals surface area contributed by atoms with Crippen molar-refractivity contribution in [2.45, 2.75) is 17.7 Å². The Hall–Kier alpha value is -2.73. The molecule has 5 nitrogen and oxygen atoms in total. The molecule has 1 aromatic heterocycles. The quantitative estimate of drug-likeness (QED) is 0.705. The van der Waals surface area contributed by atoms with Crippen LogP contribution >= 0.6 is 11.8 Å². The number of carbonyl (C=O) groups is 1. The normalized spacial score (nSPS) is 15.3. The van der Waals surface area contributed by atoms with Crippen LogP contribution in [-0.2, 0) is 6.42 Å². The number of fused-ring (bicyclic) bond motifs is 1. The summed E-state index contributed by atoms with van der Waals surface area (Å²) in [5, 5.41) is 3.77. The molecule has 0 fully saturated rings. The maximum absolute atomic E-state index is 12.8. The van der Waals surface area contributed by atoms with Gasteiger partial charge in [0.1, 0.15) is 17.5 Å². The molecule has 1 atom stereocenters. The van der Waals surface area contributed by atoms with E-state index < -0.39 is 0 Å². The molecule has 0 spiro atoms. The van der Waals surface area contributed by atoms with E-state index in [4.69, 9.17) is 4.74 Å². The van der Waals surface area contributed by atoms with Gasteiger partial charge in [0, 0.05) is 12.1 Å². The van der Waals surface area contributed by atoms with Crippen molar-refractivity contribution in [3.8, 4) is 11.4 Å². The predicted octanol–water partition coefficient (Wildman–Crippen LogP) is 3.33. The number of nitrogens with one attached hydrogen (secondary N) is 1. The van der Waals surface area contributed by atoms with Crippen molar-refractivity contribution >= 4 is 17.7 Å². The molecule has 1 aliphatic rings. The van der Waals surface area contributed by atoms with Gasteiger partial charge in [-0.3, -0.25) is 9.36 Å². The Morgan fingerprint density at radius 1 is 1.23 bits per heavy atom. The van der Waals surface area contributed by atoms with Gasteiger partial charge in [0.25, 0.3) is 5.91 Å². The number of rotatable bonds is 5. The number of aromatic nitrogens is 2. The number of carbonyl (C=O) groups excluding carboxylic acids is 1. The SMILES string of the molecule is CSc1ncc(C(=O)NC[C@H]2Cc3ccccc3O2)n1-c1ccccc1. The van der Waals surface area contributed by atoms with Gasteiger partial charge in [0.15, 0.2) is 5.16 Å². The second kappa shape index (κ2) is 7.25. The van der Waals surface area contributed by atoms with E-state index in [0.717, 1.165) is 23.0 Å². The first-order valence-electron chi connectivity index (χ1n) is 8.46. The molecule has 26 heavy (non-hydrogen) atoms. The maximum Gasteiger partial charge on any atom is 0.270 e. The van der Waals surface area contributed by atoms with Gasteiger partial charge in [0.2, 0.25) is 0 Å². The van der Waals surface area contributed by atoms with Crippen LogP contribution < -0.4 is 10.1 Å². The molecule has 0 unspecified atom stereocenters. The zero-order valence-corrected chi connectivity index (χ0v) is 15.2. The maximum atomic E-state index is 12.8. The molecule has 1 aliphatic heterocycles. The zero-order chi connectivity index (χ0) is 17.9. The van der Waals surface area contributed by atoms with Crippen LogP contribution in [0.5, 0.6) is 5.75 Å². The first-order chi connectivity index (χ1) is 12.8. The van der Waals surface area contributed by atoms with Crippen LogP contribution in [0.2, 0.25) is 0 Å². The molecule has 1 amide bonds. The third-order valence-electron chi connectivity index (χ3n) is 4.36. The summed E-state index contributed by atoms with van der Waals surface area (Å²) in [6.45, 7) is 0.460. The van der Waals surface area contributed by atoms with Crippen molar-refractivity contribution in [1.29, 1.82) is 0 Å². The second-order valence-corrected chi connectivity index (χ2v) is 6.84. The van der Waals surface area contributed by atoms with E-state index in [2.05, 4.69) is 16.4 Å². The summed E-state index contributed by atoms with van der Waals surface area (Å²) < 4.78 is 7.77. The lowest BCUT2D eigenvalue weighted by molar-refractivity contribution is 0.0926. The van der Waals surface area contributed by atoms with Gasteiger partial charge < -0.3 is 10.1 Å². The summed E-state index contributed by atoms with van der Waals surface area (Å²) in [5.41, 5.74) is 2.63. The van der Waals surface area contributed by atoms with E-state index in [1.54, 1.807) is 6.20 Å². The number of thioether (sulfide) groups is 1. The summed E-state index contributed by atoms with van der Waals surface area (Å²) >= 11 is 1.51. The van der Waals surface area contributed by atoms with Gasteiger partial charge in [-0.1, -0.05) is 48.2 Å². The topological polar surface area (TPSA) is 56.1 Å². The monoisotopic (exact) mass is 365 g/mol. The number of hydrogen-bond donors (Lipinski definition) is 1. The number of amides is 1. The highest BCUT2D eigenvalue weighted by atomic mass is 32.2. The lowest BCUT2D eigenvalue weighted by Crippen LogP contribution is -2.35. The van der Waals surface area contributed by atoms with Crippen molar-refractivity contribution in [2.75, 3.05) is 12.8 Å². The lowest BCUT2D eigenvalue weighted by atomic mass is 10.1. The fraction of sp³-hybridized carbons (Fsp3) is 0.200. The summed E-state index contributed by atoms with van der Waals surface area (Å²) in [6.07, 6.45) is 4.35. The number of benzene rings is 2. The van der Waals surface area contributed by atoms with Crippen molar-refractivity contribution in [2.24, 2.45) is 0 Å². The van der Waals surface area contributed by atoms with E-state index in [-0.39, 0.29) is 12.0 Å². The molecule has 0 saturated carbocycles. The van der Waals surface area contributed by atoms with E-state index in [1.165, 1.54) is 17.3 Å². The van der Waals surface area contributed by atoms with Gasteiger partial charge in [-0.2, -0.15) is 0 Å². The van der Waals surface area contributed by atoms with Crippen LogP contribution in [0.15, 0.2) is 66.0 Å². The summed E-state index contributed by atoms with van der Waals surface area (Å²) in [7, 11) is 0. The van der Waals surface area contributed by atoms with Crippen LogP contribution in [0.25, 0.3) is 5.69 Å². The average Bonchev–Trinajstić information content (AvgIpc) is 3.30. The third kappa shape index (κ3) is 3.20. The van der Waals surface area contributed by atoms with Crippen LogP contribution in [0.4, 0.5) is 0 Å². The minimum Gasteiger partial charge on any atom is -0.488 e.